The molecule has 104 valence electrons. The minimum Gasteiger partial charge on any atom is -0.349 e. The molecule has 0 atom stereocenters. The third-order valence-electron chi connectivity index (χ3n) is 4.45. The summed E-state index contributed by atoms with van der Waals surface area (Å²) in [6.07, 6.45) is 0.256. The van der Waals surface area contributed by atoms with Crippen molar-refractivity contribution in [2.75, 3.05) is 23.9 Å². The maximum Gasteiger partial charge on any atom is 0.128 e. The van der Waals surface area contributed by atoms with Crippen LogP contribution in [0, 0.1) is 0 Å². The van der Waals surface area contributed by atoms with E-state index in [0.717, 1.165) is 0 Å². The number of fused-ring (bicyclic) bond motifs is 2. The molecule has 2 nitrogen and oxygen atoms in total. The van der Waals surface area contributed by atoms with Gasteiger partial charge in [0, 0.05) is 14.1 Å². The monoisotopic (exact) mass is 274 g/mol. The van der Waals surface area contributed by atoms with E-state index < -0.39 is 0 Å². The van der Waals surface area contributed by atoms with E-state index in [1.54, 1.807) is 0 Å². The number of hydrogen-bond acceptors (Lipinski definition) is 2. The van der Waals surface area contributed by atoms with Crippen LogP contribution in [-0.4, -0.2) is 14.1 Å². The molecule has 3 aromatic rings. The molecule has 0 amide bonds. The van der Waals surface area contributed by atoms with Crippen LogP contribution in [0.4, 0.5) is 11.4 Å². The lowest BCUT2D eigenvalue weighted by Crippen LogP contribution is -2.30. The molecule has 0 unspecified atom stereocenters. The van der Waals surface area contributed by atoms with Crippen molar-refractivity contribution < 1.29 is 0 Å². The fourth-order valence-corrected chi connectivity index (χ4v) is 3.40. The number of benzene rings is 3. The number of para-hydroxylation sites is 2. The zero-order chi connectivity index (χ0) is 14.4. The summed E-state index contributed by atoms with van der Waals surface area (Å²) in [5.41, 5.74) is 3.91. The molecule has 21 heavy (non-hydrogen) atoms. The lowest BCUT2D eigenvalue weighted by Gasteiger charge is -2.28. The molecule has 1 aliphatic heterocycles. The largest absolute Gasteiger partial charge is 0.349 e. The average Bonchev–Trinajstić information content (AvgIpc) is 2.79. The molecule has 0 bridgehead atoms. The first-order valence-corrected chi connectivity index (χ1v) is 7.29. The summed E-state index contributed by atoms with van der Waals surface area (Å²) in [6.45, 7) is 0. The second-order valence-electron chi connectivity index (χ2n) is 5.69. The van der Waals surface area contributed by atoms with E-state index in [9.17, 15) is 0 Å². The first-order valence-electron chi connectivity index (χ1n) is 7.29. The molecule has 1 aliphatic rings. The Labute approximate surface area is 125 Å². The number of rotatable bonds is 1. The topological polar surface area (TPSA) is 6.48 Å². The van der Waals surface area contributed by atoms with Gasteiger partial charge >= 0.3 is 0 Å². The Hall–Kier alpha value is -2.48. The Morgan fingerprint density at radius 3 is 1.90 bits per heavy atom. The van der Waals surface area contributed by atoms with E-state index >= 15 is 0 Å². The lowest BCUT2D eigenvalue weighted by atomic mass is 10.0. The molecule has 0 N–H and O–H groups in total. The van der Waals surface area contributed by atoms with Crippen molar-refractivity contribution in [3.05, 3.63) is 72.3 Å². The van der Waals surface area contributed by atoms with Gasteiger partial charge in [0.25, 0.3) is 0 Å². The van der Waals surface area contributed by atoms with E-state index in [2.05, 4.69) is 90.6 Å². The van der Waals surface area contributed by atoms with Crippen LogP contribution in [0.5, 0.6) is 0 Å². The van der Waals surface area contributed by atoms with Crippen LogP contribution in [0.25, 0.3) is 10.8 Å². The first kappa shape index (κ1) is 12.3. The van der Waals surface area contributed by atoms with Crippen molar-refractivity contribution >= 4 is 22.1 Å². The van der Waals surface area contributed by atoms with E-state index in [1.807, 2.05) is 0 Å². The quantitative estimate of drug-likeness (QED) is 0.648. The summed E-state index contributed by atoms with van der Waals surface area (Å²) in [5, 5.41) is 2.59. The number of anilines is 2. The first-order chi connectivity index (χ1) is 10.3. The zero-order valence-electron chi connectivity index (χ0n) is 12.3. The van der Waals surface area contributed by atoms with Crippen LogP contribution in [0.1, 0.15) is 11.7 Å². The SMILES string of the molecule is CN1c2ccccc2N(C)C1c1ccc2ccccc2c1. The number of hydrogen-bond donors (Lipinski definition) is 0. The summed E-state index contributed by atoms with van der Waals surface area (Å²) >= 11 is 0. The van der Waals surface area contributed by atoms with Gasteiger partial charge in [-0.15, -0.1) is 0 Å². The van der Waals surface area contributed by atoms with E-state index in [-0.39, 0.29) is 6.17 Å². The fraction of sp³-hybridized carbons (Fsp3) is 0.158. The highest BCUT2D eigenvalue weighted by molar-refractivity contribution is 5.84. The Kier molecular flexibility index (Phi) is 2.64. The van der Waals surface area contributed by atoms with E-state index in [0.29, 0.717) is 0 Å². The minimum absolute atomic E-state index is 0.256. The van der Waals surface area contributed by atoms with Crippen LogP contribution in [-0.2, 0) is 0 Å². The van der Waals surface area contributed by atoms with Crippen molar-refractivity contribution in [3.63, 3.8) is 0 Å². The molecule has 3 aromatic carbocycles. The standard InChI is InChI=1S/C19H18N2/c1-20-17-9-5-6-10-18(17)21(2)19(20)16-12-11-14-7-3-4-8-15(14)13-16/h3-13,19H,1-2H3. The lowest BCUT2D eigenvalue weighted by molar-refractivity contribution is 0.695. The third-order valence-corrected chi connectivity index (χ3v) is 4.45. The second kappa shape index (κ2) is 4.52. The second-order valence-corrected chi connectivity index (χ2v) is 5.69. The summed E-state index contributed by atoms with van der Waals surface area (Å²) in [7, 11) is 4.34. The van der Waals surface area contributed by atoms with Gasteiger partial charge in [-0.3, -0.25) is 0 Å². The Morgan fingerprint density at radius 1 is 0.667 bits per heavy atom. The van der Waals surface area contributed by atoms with Crippen molar-refractivity contribution in [3.8, 4) is 0 Å². The maximum absolute atomic E-state index is 2.35. The summed E-state index contributed by atoms with van der Waals surface area (Å²) < 4.78 is 0. The molecule has 0 saturated carbocycles. The Bertz CT molecular complexity index is 780. The molecule has 1 heterocycles. The van der Waals surface area contributed by atoms with Crippen molar-refractivity contribution in [1.29, 1.82) is 0 Å². The molecular weight excluding hydrogens is 256 g/mol. The maximum atomic E-state index is 2.35. The molecule has 4 rings (SSSR count). The Morgan fingerprint density at radius 2 is 1.24 bits per heavy atom. The fourth-order valence-electron chi connectivity index (χ4n) is 3.40. The molecule has 0 aromatic heterocycles. The van der Waals surface area contributed by atoms with Crippen LogP contribution >= 0.6 is 0 Å². The van der Waals surface area contributed by atoms with Gasteiger partial charge in [0.1, 0.15) is 6.17 Å². The molecule has 0 saturated heterocycles. The van der Waals surface area contributed by atoms with Gasteiger partial charge in [-0.1, -0.05) is 48.5 Å². The van der Waals surface area contributed by atoms with Gasteiger partial charge in [0.15, 0.2) is 0 Å². The van der Waals surface area contributed by atoms with E-state index in [4.69, 9.17) is 0 Å². The van der Waals surface area contributed by atoms with Crippen molar-refractivity contribution in [2.24, 2.45) is 0 Å². The predicted octanol–water partition coefficient (Wildman–Crippen LogP) is 4.42. The normalized spacial score (nSPS) is 14.8. The van der Waals surface area contributed by atoms with Crippen LogP contribution in [0.2, 0.25) is 0 Å². The van der Waals surface area contributed by atoms with Crippen LogP contribution < -0.4 is 9.80 Å². The average molecular weight is 274 g/mol. The summed E-state index contributed by atoms with van der Waals surface area (Å²) in [4.78, 5) is 4.69. The Balaban J connectivity index is 1.82. The third kappa shape index (κ3) is 1.79. The molecule has 0 radical (unpaired) electrons. The van der Waals surface area contributed by atoms with Gasteiger partial charge in [-0.2, -0.15) is 0 Å². The highest BCUT2D eigenvalue weighted by Gasteiger charge is 2.31. The van der Waals surface area contributed by atoms with Gasteiger partial charge in [-0.25, -0.2) is 0 Å². The zero-order valence-corrected chi connectivity index (χ0v) is 12.3. The molecular formula is C19H18N2. The molecule has 0 spiro atoms. The summed E-state index contributed by atoms with van der Waals surface area (Å²) in [5.74, 6) is 0. The minimum atomic E-state index is 0.256. The van der Waals surface area contributed by atoms with Crippen LogP contribution in [0.15, 0.2) is 66.7 Å². The molecule has 0 fully saturated rings. The highest BCUT2D eigenvalue weighted by Crippen LogP contribution is 2.44. The van der Waals surface area contributed by atoms with Crippen LogP contribution in [0.3, 0.4) is 0 Å². The summed E-state index contributed by atoms with van der Waals surface area (Å²) in [6, 6.07) is 23.9. The predicted molar refractivity (Wildman–Crippen MR) is 89.9 cm³/mol. The molecule has 2 heteroatoms. The highest BCUT2D eigenvalue weighted by atomic mass is 15.4. The van der Waals surface area contributed by atoms with E-state index in [1.165, 1.54) is 27.7 Å². The number of nitrogens with zero attached hydrogens (tertiary/aromatic N) is 2. The van der Waals surface area contributed by atoms with Crippen molar-refractivity contribution in [2.45, 2.75) is 6.17 Å². The van der Waals surface area contributed by atoms with Gasteiger partial charge in [-0.05, 0) is 34.5 Å². The van der Waals surface area contributed by atoms with Gasteiger partial charge in [0.05, 0.1) is 11.4 Å². The molecule has 0 aliphatic carbocycles. The smallest absolute Gasteiger partial charge is 0.128 e. The van der Waals surface area contributed by atoms with Crippen molar-refractivity contribution in [1.82, 2.24) is 0 Å². The van der Waals surface area contributed by atoms with Gasteiger partial charge < -0.3 is 9.80 Å². The van der Waals surface area contributed by atoms with Gasteiger partial charge in [0.2, 0.25) is 0 Å².